The number of terminal acetylenes is 1. The Kier molecular flexibility index (Phi) is 7.24. The summed E-state index contributed by atoms with van der Waals surface area (Å²) in [5.74, 6) is 5.64. The molecule has 0 saturated carbocycles. The van der Waals surface area contributed by atoms with E-state index in [-0.39, 0.29) is 12.0 Å². The number of benzene rings is 5. The molecule has 1 aliphatic carbocycles. The van der Waals surface area contributed by atoms with Gasteiger partial charge >= 0.3 is 0 Å². The Morgan fingerprint density at radius 2 is 1.42 bits per heavy atom. The number of nitrogens with zero attached hydrogens (tertiary/aromatic N) is 3. The van der Waals surface area contributed by atoms with E-state index in [1.165, 1.54) is 25.6 Å². The van der Waals surface area contributed by atoms with Gasteiger partial charge in [0.05, 0.1) is 10.8 Å². The summed E-state index contributed by atoms with van der Waals surface area (Å²) < 4.78 is 10.5. The number of fused-ring (bicyclic) bond motifs is 7. The van der Waals surface area contributed by atoms with Crippen LogP contribution in [0.15, 0.2) is 133 Å². The van der Waals surface area contributed by atoms with Crippen molar-refractivity contribution in [2.75, 3.05) is 0 Å². The molecule has 0 fully saturated rings. The molecule has 52 heavy (non-hydrogen) atoms. The summed E-state index contributed by atoms with van der Waals surface area (Å²) in [6.45, 7) is 2.02. The third kappa shape index (κ3) is 4.93. The van der Waals surface area contributed by atoms with Crippen molar-refractivity contribution in [2.45, 2.75) is 18.9 Å². The van der Waals surface area contributed by atoms with Gasteiger partial charge in [0.2, 0.25) is 0 Å². The van der Waals surface area contributed by atoms with Gasteiger partial charge in [0.25, 0.3) is 0 Å². The standard InChI is InChI=1S/C46H29N3OS2/c1-3-12-31-33-23-21-28(25-40(33)51-38(31)4-2)30-16-10-17-35-42-36(18-11-19-37(42)50-43(30)35)46-48-44(27-13-6-5-7-14-27)47-45(49-46)29-22-24-34-32-15-8-9-20-39(32)52-41(34)26-29/h2-3,5-26,37,42H,1H3/b12-3-. The second-order valence-corrected chi connectivity index (χ2v) is 15.1. The minimum atomic E-state index is -0.189. The summed E-state index contributed by atoms with van der Waals surface area (Å²) in [6.07, 6.45) is 16.2. The second-order valence-electron chi connectivity index (χ2n) is 13.0. The fraction of sp³-hybridized carbons (Fsp3) is 0.0652. The van der Waals surface area contributed by atoms with Crippen LogP contribution in [0.3, 0.4) is 0 Å². The first-order chi connectivity index (χ1) is 25.7. The summed E-state index contributed by atoms with van der Waals surface area (Å²) >= 11 is 3.45. The lowest BCUT2D eigenvalue weighted by molar-refractivity contribution is 0.272. The number of hydrogen-bond donors (Lipinski definition) is 0. The Bertz CT molecular complexity index is 2870. The van der Waals surface area contributed by atoms with E-state index in [0.29, 0.717) is 17.5 Å². The van der Waals surface area contributed by atoms with Crippen LogP contribution in [0.1, 0.15) is 34.7 Å². The molecule has 246 valence electrons. The van der Waals surface area contributed by atoms with E-state index in [9.17, 15) is 0 Å². The van der Waals surface area contributed by atoms with Crippen LogP contribution in [0.5, 0.6) is 5.75 Å². The lowest BCUT2D eigenvalue weighted by Crippen LogP contribution is -2.20. The van der Waals surface area contributed by atoms with Crippen molar-refractivity contribution in [1.82, 2.24) is 15.0 Å². The maximum atomic E-state index is 6.82. The van der Waals surface area contributed by atoms with Crippen LogP contribution in [-0.4, -0.2) is 21.1 Å². The number of ether oxygens (including phenoxy) is 1. The quantitative estimate of drug-likeness (QED) is 0.167. The maximum Gasteiger partial charge on any atom is 0.164 e. The third-order valence-electron chi connectivity index (χ3n) is 9.94. The van der Waals surface area contributed by atoms with Gasteiger partial charge in [-0.15, -0.1) is 29.1 Å². The third-order valence-corrected chi connectivity index (χ3v) is 12.2. The van der Waals surface area contributed by atoms with Gasteiger partial charge in [-0.2, -0.15) is 0 Å². The van der Waals surface area contributed by atoms with E-state index >= 15 is 0 Å². The first kappa shape index (κ1) is 30.7. The molecule has 6 heteroatoms. The molecule has 0 radical (unpaired) electrons. The number of aromatic nitrogens is 3. The lowest BCUT2D eigenvalue weighted by atomic mass is 9.83. The molecule has 4 nitrogen and oxygen atoms in total. The predicted octanol–water partition coefficient (Wildman–Crippen LogP) is 12.0. The van der Waals surface area contributed by atoms with Gasteiger partial charge in [0.1, 0.15) is 11.9 Å². The van der Waals surface area contributed by atoms with Gasteiger partial charge in [0.15, 0.2) is 17.5 Å². The molecule has 8 aromatic rings. The lowest BCUT2D eigenvalue weighted by Gasteiger charge is -2.22. The monoisotopic (exact) mass is 703 g/mol. The molecule has 2 aliphatic rings. The zero-order chi connectivity index (χ0) is 34.8. The number of thiophene rings is 2. The van der Waals surface area contributed by atoms with E-state index in [1.54, 1.807) is 22.7 Å². The van der Waals surface area contributed by atoms with Crippen LogP contribution in [0.4, 0.5) is 0 Å². The molecule has 2 atom stereocenters. The van der Waals surface area contributed by atoms with Crippen LogP contribution < -0.4 is 4.74 Å². The highest BCUT2D eigenvalue weighted by atomic mass is 32.1. The fourth-order valence-electron chi connectivity index (χ4n) is 7.56. The molecular formula is C46H29N3OS2. The van der Waals surface area contributed by atoms with Gasteiger partial charge in [-0.1, -0.05) is 121 Å². The van der Waals surface area contributed by atoms with Crippen LogP contribution in [0.2, 0.25) is 0 Å². The molecule has 0 saturated heterocycles. The van der Waals surface area contributed by atoms with Gasteiger partial charge in [0, 0.05) is 63.6 Å². The number of rotatable bonds is 5. The summed E-state index contributed by atoms with van der Waals surface area (Å²) in [6, 6.07) is 38.3. The maximum absolute atomic E-state index is 6.82. The summed E-state index contributed by atoms with van der Waals surface area (Å²) in [4.78, 5) is 16.3. The molecule has 0 spiro atoms. The van der Waals surface area contributed by atoms with E-state index < -0.39 is 0 Å². The molecule has 5 aromatic carbocycles. The van der Waals surface area contributed by atoms with Gasteiger partial charge in [-0.05, 0) is 36.8 Å². The molecule has 1 aliphatic heterocycles. The molecular weight excluding hydrogens is 675 g/mol. The first-order valence-corrected chi connectivity index (χ1v) is 18.9. The average Bonchev–Trinajstić information content (AvgIpc) is 3.88. The highest BCUT2D eigenvalue weighted by molar-refractivity contribution is 7.25. The highest BCUT2D eigenvalue weighted by Gasteiger charge is 2.40. The topological polar surface area (TPSA) is 47.9 Å². The Labute approximate surface area is 309 Å². The van der Waals surface area contributed by atoms with Crippen molar-refractivity contribution in [3.8, 4) is 52.0 Å². The van der Waals surface area contributed by atoms with Crippen molar-refractivity contribution in [3.63, 3.8) is 0 Å². The zero-order valence-corrected chi connectivity index (χ0v) is 29.7. The predicted molar refractivity (Wildman–Crippen MR) is 218 cm³/mol. The molecule has 0 bridgehead atoms. The Hall–Kier alpha value is -6.13. The van der Waals surface area contributed by atoms with E-state index in [2.05, 4.69) is 121 Å². The van der Waals surface area contributed by atoms with Crippen LogP contribution in [0, 0.1) is 12.3 Å². The normalized spacial score (nSPS) is 16.3. The van der Waals surface area contributed by atoms with Crippen molar-refractivity contribution in [1.29, 1.82) is 0 Å². The molecule has 0 N–H and O–H groups in total. The minimum Gasteiger partial charge on any atom is -0.484 e. The Balaban J connectivity index is 1.09. The highest BCUT2D eigenvalue weighted by Crippen LogP contribution is 2.51. The molecule has 2 unspecified atom stereocenters. The van der Waals surface area contributed by atoms with Gasteiger partial charge < -0.3 is 4.74 Å². The smallest absolute Gasteiger partial charge is 0.164 e. The van der Waals surface area contributed by atoms with E-state index in [1.807, 2.05) is 31.2 Å². The van der Waals surface area contributed by atoms with E-state index in [4.69, 9.17) is 26.1 Å². The van der Waals surface area contributed by atoms with Crippen molar-refractivity contribution in [3.05, 3.63) is 155 Å². The number of para-hydroxylation sites is 1. The molecule has 3 aromatic heterocycles. The summed E-state index contributed by atoms with van der Waals surface area (Å²) in [7, 11) is 0. The molecule has 4 heterocycles. The van der Waals surface area contributed by atoms with E-state index in [0.717, 1.165) is 54.3 Å². The van der Waals surface area contributed by atoms with Crippen LogP contribution in [-0.2, 0) is 0 Å². The zero-order valence-electron chi connectivity index (χ0n) is 28.1. The summed E-state index contributed by atoms with van der Waals surface area (Å²) in [5.41, 5.74) is 7.30. The Morgan fingerprint density at radius 1 is 0.692 bits per heavy atom. The first-order valence-electron chi connectivity index (χ1n) is 17.2. The number of hydrogen-bond acceptors (Lipinski definition) is 6. The van der Waals surface area contributed by atoms with Gasteiger partial charge in [-0.3, -0.25) is 0 Å². The minimum absolute atomic E-state index is 0.0799. The average molecular weight is 704 g/mol. The van der Waals surface area contributed by atoms with Crippen molar-refractivity contribution in [2.24, 2.45) is 0 Å². The van der Waals surface area contributed by atoms with Crippen molar-refractivity contribution >= 4 is 64.6 Å². The largest absolute Gasteiger partial charge is 0.484 e. The SMILES string of the molecule is C#Cc1sc2cc(-c3cccc4c3OC3C=CC=C(c5nc(-c6ccccc6)nc(-c6ccc7c(c6)sc6ccccc67)n5)C43)ccc2c1/C=C\C. The summed E-state index contributed by atoms with van der Waals surface area (Å²) in [5, 5.41) is 3.68. The molecule has 10 rings (SSSR count). The number of allylic oxidation sites excluding steroid dienone is 3. The second kappa shape index (κ2) is 12.3. The fourth-order valence-corrected chi connectivity index (χ4v) is 9.75. The Morgan fingerprint density at radius 3 is 2.29 bits per heavy atom. The van der Waals surface area contributed by atoms with Crippen molar-refractivity contribution < 1.29 is 4.74 Å². The molecule has 0 amide bonds. The van der Waals surface area contributed by atoms with Crippen LogP contribution in [0.25, 0.3) is 75.8 Å². The van der Waals surface area contributed by atoms with Gasteiger partial charge in [-0.25, -0.2) is 15.0 Å². The van der Waals surface area contributed by atoms with Crippen LogP contribution >= 0.6 is 22.7 Å².